The number of nitrogens with two attached hydrogens (primary N) is 1. The van der Waals surface area contributed by atoms with Gasteiger partial charge in [-0.1, -0.05) is 49.2 Å². The van der Waals surface area contributed by atoms with Crippen LogP contribution in [0.4, 0.5) is 5.13 Å². The summed E-state index contributed by atoms with van der Waals surface area (Å²) in [6, 6.07) is 9.77. The van der Waals surface area contributed by atoms with Crippen LogP contribution < -0.4 is 15.2 Å². The highest BCUT2D eigenvalue weighted by Gasteiger charge is 2.27. The Labute approximate surface area is 184 Å². The first-order chi connectivity index (χ1) is 14.8. The summed E-state index contributed by atoms with van der Waals surface area (Å²) in [6.07, 6.45) is 5.26. The normalized spacial score (nSPS) is 15.8. The highest BCUT2D eigenvalue weighted by molar-refractivity contribution is 7.89. The number of aromatic nitrogens is 2. The number of carbonyl (C=O) groups is 1. The fourth-order valence-corrected chi connectivity index (χ4v) is 5.37. The van der Waals surface area contributed by atoms with E-state index in [0.717, 1.165) is 18.4 Å². The number of nitrogens with zero attached hydrogens (tertiary/aromatic N) is 2. The molecule has 164 valence electrons. The number of methoxy groups -OCH3 is 1. The average molecular weight is 461 g/mol. The van der Waals surface area contributed by atoms with E-state index in [4.69, 9.17) is 9.88 Å². The lowest BCUT2D eigenvalue weighted by Crippen LogP contribution is -2.23. The van der Waals surface area contributed by atoms with E-state index in [9.17, 15) is 13.2 Å². The molecule has 0 bridgehead atoms. The van der Waals surface area contributed by atoms with Gasteiger partial charge in [-0.3, -0.25) is 4.79 Å². The summed E-state index contributed by atoms with van der Waals surface area (Å²) in [7, 11) is -2.23. The van der Waals surface area contributed by atoms with Crippen molar-refractivity contribution in [1.82, 2.24) is 9.97 Å². The number of rotatable bonds is 7. The summed E-state index contributed by atoms with van der Waals surface area (Å²) >= 11 is 1.29. The Balaban J connectivity index is 1.59. The molecule has 0 spiro atoms. The van der Waals surface area contributed by atoms with E-state index in [1.165, 1.54) is 36.3 Å². The first-order valence-electron chi connectivity index (χ1n) is 10.1. The van der Waals surface area contributed by atoms with E-state index in [1.807, 2.05) is 0 Å². The second kappa shape index (κ2) is 8.89. The van der Waals surface area contributed by atoms with Gasteiger partial charge in [0.05, 0.1) is 17.9 Å². The minimum Gasteiger partial charge on any atom is -0.481 e. The largest absolute Gasteiger partial charge is 0.481 e. The van der Waals surface area contributed by atoms with Gasteiger partial charge in [0.15, 0.2) is 5.13 Å². The minimum atomic E-state index is -3.78. The van der Waals surface area contributed by atoms with Gasteiger partial charge in [-0.25, -0.2) is 23.5 Å². The lowest BCUT2D eigenvalue weighted by Gasteiger charge is -2.20. The number of sulfonamides is 1. The van der Waals surface area contributed by atoms with Crippen molar-refractivity contribution in [3.63, 3.8) is 0 Å². The summed E-state index contributed by atoms with van der Waals surface area (Å²) in [6.45, 7) is 0. The predicted octanol–water partition coefficient (Wildman–Crippen LogP) is 3.65. The standard InChI is InChI=1S/C21H24N4O4S2/c1-29-18-11-10-17-20(24-18)30-21(23-17)25-19(26)16(12-13-4-2-3-5-13)14-6-8-15(9-7-14)31(22,27)28/h6-11,13,16H,2-5,12H2,1H3,(H2,22,27,28)(H,23,25,26). The molecule has 1 saturated carbocycles. The number of hydrogen-bond donors (Lipinski definition) is 2. The van der Waals surface area contributed by atoms with Crippen LogP contribution in [0.2, 0.25) is 0 Å². The fraction of sp³-hybridized carbons (Fsp3) is 0.381. The summed E-state index contributed by atoms with van der Waals surface area (Å²) < 4.78 is 28.3. The molecule has 1 unspecified atom stereocenters. The van der Waals surface area contributed by atoms with Crippen molar-refractivity contribution in [2.24, 2.45) is 11.1 Å². The van der Waals surface area contributed by atoms with Crippen molar-refractivity contribution in [3.05, 3.63) is 42.0 Å². The second-order valence-corrected chi connectivity index (χ2v) is 10.3. The van der Waals surface area contributed by atoms with Crippen molar-refractivity contribution in [2.75, 3.05) is 12.4 Å². The van der Waals surface area contributed by atoms with Crippen LogP contribution in [0.15, 0.2) is 41.3 Å². The van der Waals surface area contributed by atoms with E-state index < -0.39 is 15.9 Å². The van der Waals surface area contributed by atoms with E-state index in [2.05, 4.69) is 15.3 Å². The molecule has 2 heterocycles. The van der Waals surface area contributed by atoms with Gasteiger partial charge in [-0.05, 0) is 36.1 Å². The zero-order chi connectivity index (χ0) is 22.0. The number of fused-ring (bicyclic) bond motifs is 1. The molecule has 1 aromatic carbocycles. The third-order valence-electron chi connectivity index (χ3n) is 5.64. The monoisotopic (exact) mass is 460 g/mol. The maximum Gasteiger partial charge on any atom is 0.238 e. The molecule has 10 heteroatoms. The molecule has 3 N–H and O–H groups in total. The molecule has 1 amide bonds. The van der Waals surface area contributed by atoms with E-state index in [-0.39, 0.29) is 10.8 Å². The van der Waals surface area contributed by atoms with Gasteiger partial charge in [0.1, 0.15) is 10.3 Å². The Bertz CT molecular complexity index is 1190. The molecule has 0 saturated heterocycles. The van der Waals surface area contributed by atoms with E-state index in [0.29, 0.717) is 33.7 Å². The number of benzene rings is 1. The number of anilines is 1. The molecular weight excluding hydrogens is 436 g/mol. The lowest BCUT2D eigenvalue weighted by atomic mass is 9.87. The van der Waals surface area contributed by atoms with Gasteiger partial charge in [0.25, 0.3) is 0 Å². The number of hydrogen-bond acceptors (Lipinski definition) is 7. The number of carbonyl (C=O) groups excluding carboxylic acids is 1. The molecule has 0 radical (unpaired) electrons. The average Bonchev–Trinajstić information content (AvgIpc) is 3.40. The van der Waals surface area contributed by atoms with Crippen molar-refractivity contribution < 1.29 is 17.9 Å². The molecule has 8 nitrogen and oxygen atoms in total. The Kier molecular flexibility index (Phi) is 6.22. The maximum absolute atomic E-state index is 13.3. The third-order valence-corrected chi connectivity index (χ3v) is 7.45. The molecule has 0 aliphatic heterocycles. The first kappa shape index (κ1) is 21.7. The van der Waals surface area contributed by atoms with Crippen molar-refractivity contribution >= 4 is 42.7 Å². The first-order valence-corrected chi connectivity index (χ1v) is 12.4. The van der Waals surface area contributed by atoms with Gasteiger partial charge < -0.3 is 10.1 Å². The van der Waals surface area contributed by atoms with Gasteiger partial charge >= 0.3 is 0 Å². The van der Waals surface area contributed by atoms with Crippen LogP contribution in [0, 0.1) is 5.92 Å². The van der Waals surface area contributed by atoms with Crippen molar-refractivity contribution in [3.8, 4) is 5.88 Å². The number of amides is 1. The molecule has 1 atom stereocenters. The van der Waals surface area contributed by atoms with Crippen LogP contribution in [0.3, 0.4) is 0 Å². The second-order valence-electron chi connectivity index (χ2n) is 7.74. The Morgan fingerprint density at radius 1 is 1.19 bits per heavy atom. The molecule has 31 heavy (non-hydrogen) atoms. The fourth-order valence-electron chi connectivity index (χ4n) is 4.02. The van der Waals surface area contributed by atoms with Crippen LogP contribution in [-0.4, -0.2) is 31.4 Å². The van der Waals surface area contributed by atoms with Crippen LogP contribution in [-0.2, 0) is 14.8 Å². The highest BCUT2D eigenvalue weighted by atomic mass is 32.2. The quantitative estimate of drug-likeness (QED) is 0.554. The Morgan fingerprint density at radius 2 is 1.90 bits per heavy atom. The molecule has 2 aromatic heterocycles. The van der Waals surface area contributed by atoms with E-state index in [1.54, 1.807) is 31.4 Å². The zero-order valence-electron chi connectivity index (χ0n) is 17.1. The number of ether oxygens (including phenoxy) is 1. The predicted molar refractivity (Wildman–Crippen MR) is 120 cm³/mol. The molecular formula is C21H24N4O4S2. The van der Waals surface area contributed by atoms with Crippen LogP contribution >= 0.6 is 11.3 Å². The van der Waals surface area contributed by atoms with E-state index >= 15 is 0 Å². The molecule has 1 aliphatic rings. The zero-order valence-corrected chi connectivity index (χ0v) is 18.7. The molecule has 4 rings (SSSR count). The summed E-state index contributed by atoms with van der Waals surface area (Å²) in [5, 5.41) is 8.61. The number of nitrogens with one attached hydrogen (secondary N) is 1. The number of primary sulfonamides is 1. The van der Waals surface area contributed by atoms with Crippen LogP contribution in [0.25, 0.3) is 10.3 Å². The topological polar surface area (TPSA) is 124 Å². The Morgan fingerprint density at radius 3 is 2.55 bits per heavy atom. The van der Waals surface area contributed by atoms with Gasteiger partial charge in [0.2, 0.25) is 21.8 Å². The summed E-state index contributed by atoms with van der Waals surface area (Å²) in [5.41, 5.74) is 1.45. The minimum absolute atomic E-state index is 0.0301. The van der Waals surface area contributed by atoms with Gasteiger partial charge in [-0.15, -0.1) is 0 Å². The van der Waals surface area contributed by atoms with Crippen molar-refractivity contribution in [1.29, 1.82) is 0 Å². The van der Waals surface area contributed by atoms with Crippen LogP contribution in [0.1, 0.15) is 43.6 Å². The number of pyridine rings is 1. The molecule has 3 aromatic rings. The SMILES string of the molecule is COc1ccc2nc(NC(=O)C(CC3CCCC3)c3ccc(S(N)(=O)=O)cc3)sc2n1. The molecule has 1 aliphatic carbocycles. The third kappa shape index (κ3) is 5.03. The Hall–Kier alpha value is -2.56. The lowest BCUT2D eigenvalue weighted by molar-refractivity contribution is -0.118. The smallest absolute Gasteiger partial charge is 0.238 e. The maximum atomic E-state index is 13.3. The van der Waals surface area contributed by atoms with Crippen LogP contribution in [0.5, 0.6) is 5.88 Å². The highest BCUT2D eigenvalue weighted by Crippen LogP contribution is 2.36. The summed E-state index contributed by atoms with van der Waals surface area (Å²) in [5.74, 6) is 0.381. The summed E-state index contributed by atoms with van der Waals surface area (Å²) in [4.78, 5) is 22.8. The van der Waals surface area contributed by atoms with Gasteiger partial charge in [-0.2, -0.15) is 0 Å². The van der Waals surface area contributed by atoms with Crippen molar-refractivity contribution in [2.45, 2.75) is 42.9 Å². The number of thiazole rings is 1. The molecule has 1 fully saturated rings. The van der Waals surface area contributed by atoms with Gasteiger partial charge in [0, 0.05) is 6.07 Å².